The van der Waals surface area contributed by atoms with E-state index in [0.717, 1.165) is 17.1 Å². The second kappa shape index (κ2) is 10.7. The van der Waals surface area contributed by atoms with E-state index in [-0.39, 0.29) is 11.8 Å². The van der Waals surface area contributed by atoms with Gasteiger partial charge in [0.25, 0.3) is 11.8 Å². The van der Waals surface area contributed by atoms with Crippen LogP contribution in [-0.4, -0.2) is 39.4 Å². The zero-order valence-electron chi connectivity index (χ0n) is 17.2. The molecule has 0 aliphatic rings. The van der Waals surface area contributed by atoms with Crippen LogP contribution in [0.15, 0.2) is 54.0 Å². The third kappa shape index (κ3) is 5.55. The van der Waals surface area contributed by atoms with Crippen molar-refractivity contribution in [2.24, 2.45) is 0 Å². The zero-order valence-corrected chi connectivity index (χ0v) is 18.0. The predicted molar refractivity (Wildman–Crippen MR) is 116 cm³/mol. The Balaban J connectivity index is 1.70. The molecule has 0 fully saturated rings. The number of nitrogens with zero attached hydrogens (tertiary/aromatic N) is 3. The summed E-state index contributed by atoms with van der Waals surface area (Å²) in [7, 11) is 0. The van der Waals surface area contributed by atoms with Crippen LogP contribution in [-0.2, 0) is 17.9 Å². The summed E-state index contributed by atoms with van der Waals surface area (Å²) in [4.78, 5) is 36.1. The van der Waals surface area contributed by atoms with Crippen LogP contribution < -0.4 is 5.48 Å². The molecule has 158 valence electrons. The van der Waals surface area contributed by atoms with Crippen molar-refractivity contribution in [3.63, 3.8) is 0 Å². The molecule has 2 aromatic heterocycles. The zero-order chi connectivity index (χ0) is 21.3. The minimum Gasteiger partial charge on any atom is -0.343 e. The van der Waals surface area contributed by atoms with Crippen molar-refractivity contribution >= 4 is 23.2 Å². The summed E-state index contributed by atoms with van der Waals surface area (Å²) in [5.41, 5.74) is 4.40. The van der Waals surface area contributed by atoms with Gasteiger partial charge in [-0.05, 0) is 37.6 Å². The highest BCUT2D eigenvalue weighted by Gasteiger charge is 2.17. The summed E-state index contributed by atoms with van der Waals surface area (Å²) in [5, 5.41) is 2.53. The van der Waals surface area contributed by atoms with Crippen LogP contribution in [0.2, 0.25) is 0 Å². The Morgan fingerprint density at radius 2 is 1.97 bits per heavy atom. The van der Waals surface area contributed by atoms with Crippen LogP contribution in [0.3, 0.4) is 0 Å². The molecule has 30 heavy (non-hydrogen) atoms. The molecule has 1 aromatic carbocycles. The summed E-state index contributed by atoms with van der Waals surface area (Å²) < 4.78 is 2.06. The van der Waals surface area contributed by atoms with Gasteiger partial charge < -0.3 is 9.47 Å². The van der Waals surface area contributed by atoms with E-state index < -0.39 is 0 Å². The Bertz CT molecular complexity index is 968. The number of carbonyl (C=O) groups excluding carboxylic acids is 2. The van der Waals surface area contributed by atoms with Crippen LogP contribution in [0.4, 0.5) is 0 Å². The molecule has 3 rings (SSSR count). The lowest BCUT2D eigenvalue weighted by Crippen LogP contribution is -2.32. The summed E-state index contributed by atoms with van der Waals surface area (Å²) in [6, 6.07) is 13.3. The lowest BCUT2D eigenvalue weighted by atomic mass is 10.2. The molecule has 7 nitrogen and oxygen atoms in total. The van der Waals surface area contributed by atoms with Gasteiger partial charge in [0.1, 0.15) is 10.7 Å². The Hall–Kier alpha value is -2.97. The molecule has 0 radical (unpaired) electrons. The molecule has 0 unspecified atom stereocenters. The molecule has 2 amide bonds. The number of carbonyl (C=O) groups is 2. The van der Waals surface area contributed by atoms with Gasteiger partial charge in [-0.2, -0.15) is 0 Å². The highest BCUT2D eigenvalue weighted by molar-refractivity contribution is 7.09. The molecule has 3 aromatic rings. The van der Waals surface area contributed by atoms with E-state index in [4.69, 9.17) is 4.84 Å². The first-order chi connectivity index (χ1) is 14.6. The average molecular weight is 427 g/mol. The van der Waals surface area contributed by atoms with E-state index in [9.17, 15) is 9.59 Å². The number of amides is 2. The summed E-state index contributed by atoms with van der Waals surface area (Å²) in [5.74, 6) is -0.330. The van der Waals surface area contributed by atoms with Gasteiger partial charge in [-0.25, -0.2) is 10.5 Å². The maximum Gasteiger partial charge on any atom is 0.294 e. The van der Waals surface area contributed by atoms with Crippen LogP contribution in [0.1, 0.15) is 51.8 Å². The number of hydrogen-bond acceptors (Lipinski definition) is 5. The Labute approximate surface area is 180 Å². The van der Waals surface area contributed by atoms with Crippen molar-refractivity contribution in [1.82, 2.24) is 19.9 Å². The first-order valence-corrected chi connectivity index (χ1v) is 10.8. The molecule has 0 atom stereocenters. The van der Waals surface area contributed by atoms with Gasteiger partial charge in [0.05, 0.1) is 19.7 Å². The first kappa shape index (κ1) is 21.7. The highest BCUT2D eigenvalue weighted by atomic mass is 32.1. The minimum absolute atomic E-state index is 0.0225. The van der Waals surface area contributed by atoms with Crippen molar-refractivity contribution in [1.29, 1.82) is 0 Å². The second-order valence-electron chi connectivity index (χ2n) is 6.71. The Morgan fingerprint density at radius 3 is 2.70 bits per heavy atom. The highest BCUT2D eigenvalue weighted by Crippen LogP contribution is 2.16. The molecule has 2 heterocycles. The molecule has 0 aliphatic heterocycles. The summed E-state index contributed by atoms with van der Waals surface area (Å²) in [6.45, 7) is 5.98. The van der Waals surface area contributed by atoms with E-state index in [0.29, 0.717) is 37.5 Å². The molecule has 8 heteroatoms. The van der Waals surface area contributed by atoms with Gasteiger partial charge in [-0.3, -0.25) is 14.4 Å². The number of hydrogen-bond donors (Lipinski definition) is 1. The van der Waals surface area contributed by atoms with Gasteiger partial charge in [-0.15, -0.1) is 11.3 Å². The topological polar surface area (TPSA) is 76.5 Å². The molecule has 1 N–H and O–H groups in total. The molecule has 0 spiro atoms. The maximum absolute atomic E-state index is 12.9. The van der Waals surface area contributed by atoms with E-state index in [1.807, 2.05) is 53.6 Å². The summed E-state index contributed by atoms with van der Waals surface area (Å²) in [6.07, 6.45) is 2.85. The van der Waals surface area contributed by atoms with E-state index in [1.165, 1.54) is 11.3 Å². The molecule has 0 saturated heterocycles. The standard InChI is InChI=1S/C22H26N4O3S/c1-3-12-26(22(28)17-9-6-5-7-10-17)14-18-11-8-13-25(18)15-20-23-19(16-30-20)21(27)24-29-4-2/h5-11,13,16H,3-4,12,14-15H2,1-2H3,(H,24,27). The van der Waals surface area contributed by atoms with Crippen molar-refractivity contribution in [3.8, 4) is 0 Å². The second-order valence-corrected chi connectivity index (χ2v) is 7.65. The van der Waals surface area contributed by atoms with Crippen molar-refractivity contribution in [2.45, 2.75) is 33.4 Å². The fourth-order valence-electron chi connectivity index (χ4n) is 3.05. The predicted octanol–water partition coefficient (Wildman–Crippen LogP) is 3.73. The molecule has 0 bridgehead atoms. The smallest absolute Gasteiger partial charge is 0.294 e. The number of hydroxylamine groups is 1. The Kier molecular flexibility index (Phi) is 7.75. The van der Waals surface area contributed by atoms with Crippen LogP contribution in [0, 0.1) is 0 Å². The molecular weight excluding hydrogens is 400 g/mol. The van der Waals surface area contributed by atoms with Crippen molar-refractivity contribution in [3.05, 3.63) is 76.0 Å². The maximum atomic E-state index is 12.9. The lowest BCUT2D eigenvalue weighted by Gasteiger charge is -2.23. The van der Waals surface area contributed by atoms with Gasteiger partial charge in [0, 0.05) is 29.4 Å². The molecule has 0 saturated carbocycles. The molecule has 0 aliphatic carbocycles. The first-order valence-electron chi connectivity index (χ1n) is 9.97. The largest absolute Gasteiger partial charge is 0.343 e. The lowest BCUT2D eigenvalue weighted by molar-refractivity contribution is 0.0360. The third-order valence-corrected chi connectivity index (χ3v) is 5.31. The number of rotatable bonds is 10. The Morgan fingerprint density at radius 1 is 1.17 bits per heavy atom. The number of aromatic nitrogens is 2. The van der Waals surface area contributed by atoms with E-state index >= 15 is 0 Å². The summed E-state index contributed by atoms with van der Waals surface area (Å²) >= 11 is 1.42. The van der Waals surface area contributed by atoms with Crippen molar-refractivity contribution < 1.29 is 14.4 Å². The molecular formula is C22H26N4O3S. The van der Waals surface area contributed by atoms with Gasteiger partial charge >= 0.3 is 0 Å². The van der Waals surface area contributed by atoms with Gasteiger partial charge in [0.15, 0.2) is 0 Å². The SMILES string of the molecule is CCCN(Cc1cccn1Cc1nc(C(=O)NOCC)cs1)C(=O)c1ccccc1. The quantitative estimate of drug-likeness (QED) is 0.501. The van der Waals surface area contributed by atoms with Crippen LogP contribution in [0.25, 0.3) is 0 Å². The fourth-order valence-corrected chi connectivity index (χ4v) is 3.82. The number of benzene rings is 1. The van der Waals surface area contributed by atoms with Crippen molar-refractivity contribution in [2.75, 3.05) is 13.2 Å². The van der Waals surface area contributed by atoms with E-state index in [1.54, 1.807) is 12.3 Å². The van der Waals surface area contributed by atoms with Gasteiger partial charge in [-0.1, -0.05) is 25.1 Å². The van der Waals surface area contributed by atoms with Crippen LogP contribution >= 0.6 is 11.3 Å². The normalized spacial score (nSPS) is 10.7. The fraction of sp³-hybridized carbons (Fsp3) is 0.318. The number of nitrogens with one attached hydrogen (secondary N) is 1. The monoisotopic (exact) mass is 426 g/mol. The van der Waals surface area contributed by atoms with E-state index in [2.05, 4.69) is 22.0 Å². The third-order valence-electron chi connectivity index (χ3n) is 4.48. The number of thiazole rings is 1. The minimum atomic E-state index is -0.352. The average Bonchev–Trinajstić information content (AvgIpc) is 3.42. The van der Waals surface area contributed by atoms with Crippen LogP contribution in [0.5, 0.6) is 0 Å². The van der Waals surface area contributed by atoms with Gasteiger partial charge in [0.2, 0.25) is 0 Å².